The molecule has 2 aromatic carbocycles. The van der Waals surface area contributed by atoms with Crippen LogP contribution in [0.2, 0.25) is 5.02 Å². The Balaban J connectivity index is 1.24. The van der Waals surface area contributed by atoms with E-state index < -0.39 is 37.6 Å². The number of benzene rings is 2. The molecule has 7 rings (SSSR count). The Labute approximate surface area is 378 Å². The van der Waals surface area contributed by atoms with Crippen molar-refractivity contribution in [3.05, 3.63) is 95.2 Å². The van der Waals surface area contributed by atoms with Gasteiger partial charge in [-0.3, -0.25) is 9.58 Å². The maximum Gasteiger partial charge on any atom is 0.422 e. The summed E-state index contributed by atoms with van der Waals surface area (Å²) in [6.07, 6.45) is -6.59. The van der Waals surface area contributed by atoms with Crippen molar-refractivity contribution >= 4 is 39.1 Å². The summed E-state index contributed by atoms with van der Waals surface area (Å²) in [6, 6.07) is 14.6. The fourth-order valence-corrected chi connectivity index (χ4v) is 8.47. The maximum absolute atomic E-state index is 13.7. The molecular weight excluding hydrogens is 904 g/mol. The van der Waals surface area contributed by atoms with Crippen LogP contribution in [0, 0.1) is 6.92 Å². The molecule has 1 aliphatic heterocycles. The van der Waals surface area contributed by atoms with Gasteiger partial charge in [-0.2, -0.15) is 31.4 Å². The van der Waals surface area contributed by atoms with E-state index in [-0.39, 0.29) is 42.8 Å². The summed E-state index contributed by atoms with van der Waals surface area (Å²) in [7, 11) is 2.09. The number of ether oxygens (including phenoxy) is 5. The highest BCUT2D eigenvalue weighted by molar-refractivity contribution is 7.22. The van der Waals surface area contributed by atoms with Gasteiger partial charge >= 0.3 is 18.3 Å². The smallest absolute Gasteiger partial charge is 0.422 e. The Morgan fingerprint density at radius 3 is 2.42 bits per heavy atom. The topological polar surface area (TPSA) is 126 Å². The van der Waals surface area contributed by atoms with Crippen molar-refractivity contribution in [1.29, 1.82) is 0 Å². The number of aromatic nitrogens is 5. The number of esters is 1. The largest absolute Gasteiger partial charge is 0.491 e. The molecule has 5 heterocycles. The lowest BCUT2D eigenvalue weighted by Gasteiger charge is -2.32. The monoisotopic (exact) mass is 947 g/mol. The molecule has 0 radical (unpaired) electrons. The molecule has 1 saturated heterocycles. The summed E-state index contributed by atoms with van der Waals surface area (Å²) in [5.41, 5.74) is 2.95. The number of para-hydroxylation sites is 1. The minimum atomic E-state index is -4.56. The number of likely N-dealkylation sites (N-methyl/N-ethyl adjacent to an activating group) is 1. The van der Waals surface area contributed by atoms with E-state index in [1.807, 2.05) is 13.0 Å². The number of hydrogen-bond donors (Lipinski definition) is 0. The SMILES string of the molecule is CCOC(=O)[C@@H](Cc1ccccc1OCc1ccnn1CC(F)(F)F)Oc1ncnc2sc(-c3ccc(OCC(F)(F)F)nc3)c(-c3ccc(OCCN4CCN(C)CC4)c(Cl)c3C)c12. The first-order valence-corrected chi connectivity index (χ1v) is 21.6. The Morgan fingerprint density at radius 2 is 1.69 bits per heavy atom. The summed E-state index contributed by atoms with van der Waals surface area (Å²) in [5.74, 6) is -0.214. The number of carbonyl (C=O) groups is 1. The number of carbonyl (C=O) groups excluding carboxylic acids is 1. The minimum absolute atomic E-state index is 0.00104. The Kier molecular flexibility index (Phi) is 15.0. The quantitative estimate of drug-likeness (QED) is 0.0604. The number of rotatable bonds is 18. The van der Waals surface area contributed by atoms with Gasteiger partial charge in [0.1, 0.15) is 42.4 Å². The Morgan fingerprint density at radius 1 is 0.908 bits per heavy atom. The van der Waals surface area contributed by atoms with E-state index in [0.29, 0.717) is 66.8 Å². The highest BCUT2D eigenvalue weighted by atomic mass is 35.5. The summed E-state index contributed by atoms with van der Waals surface area (Å²) in [5, 5.41) is 4.52. The van der Waals surface area contributed by atoms with Crippen LogP contribution in [0.3, 0.4) is 0 Å². The lowest BCUT2D eigenvalue weighted by molar-refractivity contribution is -0.154. The van der Waals surface area contributed by atoms with Crippen LogP contribution in [0.1, 0.15) is 23.7 Å². The third-order valence-electron chi connectivity index (χ3n) is 10.4. The van der Waals surface area contributed by atoms with Gasteiger partial charge in [0, 0.05) is 73.6 Å². The number of thiophene rings is 1. The van der Waals surface area contributed by atoms with Crippen molar-refractivity contribution in [3.8, 4) is 44.8 Å². The van der Waals surface area contributed by atoms with Gasteiger partial charge in [-0.15, -0.1) is 11.3 Å². The number of piperazine rings is 1. The van der Waals surface area contributed by atoms with Crippen molar-refractivity contribution in [2.24, 2.45) is 0 Å². The van der Waals surface area contributed by atoms with Crippen LogP contribution in [0.15, 0.2) is 73.3 Å². The summed E-state index contributed by atoms with van der Waals surface area (Å²) >= 11 is 8.28. The third-order valence-corrected chi connectivity index (χ3v) is 12.0. The first kappa shape index (κ1) is 47.3. The molecule has 4 aromatic heterocycles. The molecule has 1 aliphatic rings. The van der Waals surface area contributed by atoms with Gasteiger partial charge in [-0.05, 0) is 61.9 Å². The van der Waals surface area contributed by atoms with Crippen LogP contribution in [0.5, 0.6) is 23.3 Å². The molecule has 65 heavy (non-hydrogen) atoms. The van der Waals surface area contributed by atoms with Gasteiger partial charge in [0.15, 0.2) is 6.61 Å². The molecule has 6 aromatic rings. The van der Waals surface area contributed by atoms with Gasteiger partial charge in [0.2, 0.25) is 17.9 Å². The Hall–Kier alpha value is -5.70. The second-order valence-electron chi connectivity index (χ2n) is 15.1. The molecule has 1 atom stereocenters. The van der Waals surface area contributed by atoms with Gasteiger partial charge in [-0.1, -0.05) is 35.9 Å². The van der Waals surface area contributed by atoms with E-state index >= 15 is 0 Å². The van der Waals surface area contributed by atoms with Crippen LogP contribution < -0.4 is 18.9 Å². The lowest BCUT2D eigenvalue weighted by Crippen LogP contribution is -2.45. The van der Waals surface area contributed by atoms with Gasteiger partial charge in [0.05, 0.1) is 22.7 Å². The van der Waals surface area contributed by atoms with Crippen LogP contribution >= 0.6 is 22.9 Å². The van der Waals surface area contributed by atoms with Crippen molar-refractivity contribution in [1.82, 2.24) is 34.5 Å². The van der Waals surface area contributed by atoms with E-state index in [1.165, 1.54) is 42.2 Å². The highest BCUT2D eigenvalue weighted by Crippen LogP contribution is 2.49. The number of nitrogens with zero attached hydrogens (tertiary/aromatic N) is 7. The molecule has 0 spiro atoms. The molecule has 21 heteroatoms. The molecule has 0 aliphatic carbocycles. The normalized spacial score (nSPS) is 14.4. The molecule has 0 unspecified atom stereocenters. The number of alkyl halides is 6. The predicted octanol–water partition coefficient (Wildman–Crippen LogP) is 8.84. The van der Waals surface area contributed by atoms with Crippen molar-refractivity contribution in [2.45, 2.75) is 51.9 Å². The minimum Gasteiger partial charge on any atom is -0.491 e. The molecular formula is C44H44ClF6N7O6S. The van der Waals surface area contributed by atoms with Crippen LogP contribution in [-0.4, -0.2) is 119 Å². The van der Waals surface area contributed by atoms with E-state index in [1.54, 1.807) is 43.3 Å². The van der Waals surface area contributed by atoms with Crippen LogP contribution in [0.4, 0.5) is 26.3 Å². The van der Waals surface area contributed by atoms with E-state index in [0.717, 1.165) is 30.9 Å². The first-order chi connectivity index (χ1) is 31.1. The zero-order valence-electron chi connectivity index (χ0n) is 35.4. The third kappa shape index (κ3) is 12.2. The molecule has 0 N–H and O–H groups in total. The van der Waals surface area contributed by atoms with E-state index in [4.69, 9.17) is 35.3 Å². The highest BCUT2D eigenvalue weighted by Gasteiger charge is 2.32. The fraction of sp³-hybridized carbons (Fsp3) is 0.386. The molecule has 13 nitrogen and oxygen atoms in total. The molecule has 1 fully saturated rings. The van der Waals surface area contributed by atoms with E-state index in [9.17, 15) is 31.1 Å². The summed E-state index contributed by atoms with van der Waals surface area (Å²) in [6.45, 7) is 5.32. The molecule has 0 bridgehead atoms. The standard InChI is InChI=1S/C44H44ClF6N7O6S/c1-4-60-42(59)34(21-28-7-5-6-8-32(28)62-23-30-13-14-55-58(30)24-43(46,47)48)64-40-37-36(31-10-11-33(38(45)27(31)2)61-20-19-57-17-15-56(3)16-18-57)39(65-41(37)54-26-53-40)29-9-12-35(52-22-29)63-25-44(49,50)51/h5-14,22,26,34H,4,15-21,23-25H2,1-3H3/t34-/m1/s1. The van der Waals surface area contributed by atoms with Gasteiger partial charge in [-0.25, -0.2) is 19.7 Å². The number of fused-ring (bicyclic) bond motifs is 1. The van der Waals surface area contributed by atoms with Crippen LogP contribution in [0.25, 0.3) is 31.8 Å². The van der Waals surface area contributed by atoms with Crippen molar-refractivity contribution < 1.29 is 54.8 Å². The second kappa shape index (κ2) is 20.6. The van der Waals surface area contributed by atoms with Crippen molar-refractivity contribution in [2.75, 3.05) is 59.6 Å². The maximum atomic E-state index is 13.7. The number of halogens is 7. The average molecular weight is 948 g/mol. The zero-order valence-corrected chi connectivity index (χ0v) is 37.0. The van der Waals surface area contributed by atoms with E-state index in [2.05, 4.69) is 36.9 Å². The zero-order chi connectivity index (χ0) is 46.3. The summed E-state index contributed by atoms with van der Waals surface area (Å²) < 4.78 is 108. The average Bonchev–Trinajstić information content (AvgIpc) is 3.88. The number of pyridine rings is 1. The van der Waals surface area contributed by atoms with Crippen LogP contribution in [-0.2, 0) is 29.1 Å². The van der Waals surface area contributed by atoms with Crippen molar-refractivity contribution in [3.63, 3.8) is 0 Å². The molecule has 0 amide bonds. The first-order valence-electron chi connectivity index (χ1n) is 20.4. The lowest BCUT2D eigenvalue weighted by atomic mass is 9.96. The summed E-state index contributed by atoms with van der Waals surface area (Å²) in [4.78, 5) is 32.5. The Bertz CT molecular complexity index is 2570. The number of hydrogen-bond acceptors (Lipinski definition) is 13. The van der Waals surface area contributed by atoms with Gasteiger partial charge < -0.3 is 28.6 Å². The van der Waals surface area contributed by atoms with Gasteiger partial charge in [0.25, 0.3) is 0 Å². The molecule has 0 saturated carbocycles. The fourth-order valence-electron chi connectivity index (χ4n) is 7.11. The molecule has 346 valence electrons. The second-order valence-corrected chi connectivity index (χ2v) is 16.4. The predicted molar refractivity (Wildman–Crippen MR) is 231 cm³/mol.